The lowest BCUT2D eigenvalue weighted by Crippen LogP contribution is -2.03. The number of hydrogen-bond acceptors (Lipinski definition) is 3. The maximum absolute atomic E-state index is 6.01. The first-order valence-electron chi connectivity index (χ1n) is 8.74. The number of aromatic nitrogens is 2. The van der Waals surface area contributed by atoms with Crippen molar-refractivity contribution in [1.82, 2.24) is 9.97 Å². The summed E-state index contributed by atoms with van der Waals surface area (Å²) >= 11 is 3.62. The molecule has 0 fully saturated rings. The van der Waals surface area contributed by atoms with Crippen molar-refractivity contribution in [2.45, 2.75) is 6.42 Å². The Hall–Kier alpha value is -2.79. The fraction of sp³-hybridized carbons (Fsp3) is 0.136. The van der Waals surface area contributed by atoms with Crippen molar-refractivity contribution < 1.29 is 9.47 Å². The molecule has 27 heavy (non-hydrogen) atoms. The van der Waals surface area contributed by atoms with E-state index in [0.29, 0.717) is 18.1 Å². The molecule has 5 heteroatoms. The first-order chi connectivity index (χ1) is 13.2. The first-order valence-corrected chi connectivity index (χ1v) is 9.53. The van der Waals surface area contributed by atoms with Gasteiger partial charge in [-0.3, -0.25) is 0 Å². The Kier molecular flexibility index (Phi) is 5.12. The molecule has 0 atom stereocenters. The molecule has 4 aromatic rings. The SMILES string of the molecule is COc1cc(-c2nc3ccccc3[nH]2)cc(Br)c1OCCc1ccccc1. The molecule has 136 valence electrons. The van der Waals surface area contributed by atoms with Crippen LogP contribution in [0.2, 0.25) is 0 Å². The molecule has 0 bridgehead atoms. The summed E-state index contributed by atoms with van der Waals surface area (Å²) in [5.74, 6) is 2.17. The molecule has 0 aliphatic carbocycles. The summed E-state index contributed by atoms with van der Waals surface area (Å²) in [7, 11) is 1.65. The van der Waals surface area contributed by atoms with Gasteiger partial charge in [-0.05, 0) is 45.8 Å². The van der Waals surface area contributed by atoms with Crippen LogP contribution < -0.4 is 9.47 Å². The molecule has 0 spiro atoms. The molecule has 0 saturated carbocycles. The lowest BCUT2D eigenvalue weighted by molar-refractivity contribution is 0.296. The number of methoxy groups -OCH3 is 1. The van der Waals surface area contributed by atoms with Gasteiger partial charge >= 0.3 is 0 Å². The molecule has 0 aliphatic rings. The Labute approximate surface area is 166 Å². The maximum atomic E-state index is 6.01. The van der Waals surface area contributed by atoms with Crippen LogP contribution in [0.4, 0.5) is 0 Å². The largest absolute Gasteiger partial charge is 0.493 e. The van der Waals surface area contributed by atoms with Crippen LogP contribution in [0, 0.1) is 0 Å². The van der Waals surface area contributed by atoms with E-state index >= 15 is 0 Å². The number of H-pyrrole nitrogens is 1. The third-order valence-electron chi connectivity index (χ3n) is 4.37. The van der Waals surface area contributed by atoms with E-state index in [1.54, 1.807) is 7.11 Å². The monoisotopic (exact) mass is 422 g/mol. The van der Waals surface area contributed by atoms with Gasteiger partial charge in [-0.15, -0.1) is 0 Å². The van der Waals surface area contributed by atoms with Crippen LogP contribution in [0.1, 0.15) is 5.56 Å². The summed E-state index contributed by atoms with van der Waals surface area (Å²) < 4.78 is 12.4. The zero-order valence-corrected chi connectivity index (χ0v) is 16.5. The highest BCUT2D eigenvalue weighted by Crippen LogP contribution is 2.39. The number of ether oxygens (including phenoxy) is 2. The van der Waals surface area contributed by atoms with Crippen LogP contribution in [-0.2, 0) is 6.42 Å². The van der Waals surface area contributed by atoms with Crippen molar-refractivity contribution in [1.29, 1.82) is 0 Å². The molecule has 0 aliphatic heterocycles. The van der Waals surface area contributed by atoms with E-state index in [4.69, 9.17) is 9.47 Å². The van der Waals surface area contributed by atoms with E-state index in [0.717, 1.165) is 33.3 Å². The Bertz CT molecular complexity index is 1030. The molecule has 3 aromatic carbocycles. The number of benzene rings is 3. The van der Waals surface area contributed by atoms with Crippen LogP contribution in [0.5, 0.6) is 11.5 Å². The van der Waals surface area contributed by atoms with Gasteiger partial charge in [0.15, 0.2) is 11.5 Å². The van der Waals surface area contributed by atoms with Crippen molar-refractivity contribution in [2.24, 2.45) is 0 Å². The molecule has 4 nitrogen and oxygen atoms in total. The second-order valence-electron chi connectivity index (χ2n) is 6.18. The molecule has 1 N–H and O–H groups in total. The molecular weight excluding hydrogens is 404 g/mol. The predicted molar refractivity (Wildman–Crippen MR) is 111 cm³/mol. The summed E-state index contributed by atoms with van der Waals surface area (Å²) in [4.78, 5) is 8.00. The van der Waals surface area contributed by atoms with Crippen LogP contribution >= 0.6 is 15.9 Å². The van der Waals surface area contributed by atoms with Crippen LogP contribution in [-0.4, -0.2) is 23.7 Å². The standard InChI is InChI=1S/C22H19BrN2O2/c1-26-20-14-16(22-24-18-9-5-6-10-19(18)25-22)13-17(23)21(20)27-12-11-15-7-3-2-4-8-15/h2-10,13-14H,11-12H2,1H3,(H,24,25). The topological polar surface area (TPSA) is 47.1 Å². The van der Waals surface area contributed by atoms with Crippen molar-refractivity contribution >= 4 is 27.0 Å². The third kappa shape index (κ3) is 3.83. The highest BCUT2D eigenvalue weighted by molar-refractivity contribution is 9.10. The van der Waals surface area contributed by atoms with Crippen LogP contribution in [0.3, 0.4) is 0 Å². The summed E-state index contributed by atoms with van der Waals surface area (Å²) in [6.45, 7) is 0.572. The minimum absolute atomic E-state index is 0.572. The second kappa shape index (κ2) is 7.84. The molecule has 0 saturated heterocycles. The van der Waals surface area contributed by atoms with Gasteiger partial charge < -0.3 is 14.5 Å². The maximum Gasteiger partial charge on any atom is 0.175 e. The Balaban J connectivity index is 1.58. The van der Waals surface area contributed by atoms with E-state index in [-0.39, 0.29) is 0 Å². The van der Waals surface area contributed by atoms with Crippen molar-refractivity contribution in [3.63, 3.8) is 0 Å². The highest BCUT2D eigenvalue weighted by Gasteiger charge is 2.15. The number of imidazole rings is 1. The van der Waals surface area contributed by atoms with Gasteiger partial charge in [0.25, 0.3) is 0 Å². The molecule has 0 unspecified atom stereocenters. The van der Waals surface area contributed by atoms with Crippen molar-refractivity contribution in [2.75, 3.05) is 13.7 Å². The quantitative estimate of drug-likeness (QED) is 0.438. The number of rotatable bonds is 6. The number of fused-ring (bicyclic) bond motifs is 1. The number of para-hydroxylation sites is 2. The number of hydrogen-bond donors (Lipinski definition) is 1. The number of nitrogens with zero attached hydrogens (tertiary/aromatic N) is 1. The van der Waals surface area contributed by atoms with Crippen LogP contribution in [0.25, 0.3) is 22.4 Å². The smallest absolute Gasteiger partial charge is 0.175 e. The highest BCUT2D eigenvalue weighted by atomic mass is 79.9. The third-order valence-corrected chi connectivity index (χ3v) is 4.96. The van der Waals surface area contributed by atoms with Crippen LogP contribution in [0.15, 0.2) is 71.2 Å². The molecule has 4 rings (SSSR count). The van der Waals surface area contributed by atoms with E-state index < -0.39 is 0 Å². The average molecular weight is 423 g/mol. The van der Waals surface area contributed by atoms with Crippen molar-refractivity contribution in [3.05, 3.63) is 76.8 Å². The van der Waals surface area contributed by atoms with Gasteiger partial charge in [0.1, 0.15) is 5.82 Å². The molecule has 1 aromatic heterocycles. The summed E-state index contributed by atoms with van der Waals surface area (Å²) in [6.07, 6.45) is 0.835. The minimum Gasteiger partial charge on any atom is -0.493 e. The number of nitrogens with one attached hydrogen (secondary N) is 1. The second-order valence-corrected chi connectivity index (χ2v) is 7.03. The molecular formula is C22H19BrN2O2. The fourth-order valence-electron chi connectivity index (χ4n) is 3.00. The molecule has 0 amide bonds. The van der Waals surface area contributed by atoms with Gasteiger partial charge in [0.05, 0.1) is 29.2 Å². The van der Waals surface area contributed by atoms with E-state index in [1.165, 1.54) is 5.56 Å². The Morgan fingerprint density at radius 2 is 1.78 bits per heavy atom. The Morgan fingerprint density at radius 1 is 1.00 bits per heavy atom. The van der Waals surface area contributed by atoms with Gasteiger partial charge in [-0.25, -0.2) is 4.98 Å². The lowest BCUT2D eigenvalue weighted by atomic mass is 10.1. The van der Waals surface area contributed by atoms with E-state index in [9.17, 15) is 0 Å². The lowest BCUT2D eigenvalue weighted by Gasteiger charge is -2.14. The van der Waals surface area contributed by atoms with Gasteiger partial charge in [0, 0.05) is 12.0 Å². The fourth-order valence-corrected chi connectivity index (χ4v) is 3.56. The zero-order valence-electron chi connectivity index (χ0n) is 14.9. The molecule has 1 heterocycles. The summed E-state index contributed by atoms with van der Waals surface area (Å²) in [5.41, 5.74) is 4.12. The van der Waals surface area contributed by atoms with Crippen molar-refractivity contribution in [3.8, 4) is 22.9 Å². The van der Waals surface area contributed by atoms with Gasteiger partial charge in [0.2, 0.25) is 0 Å². The average Bonchev–Trinajstić information content (AvgIpc) is 3.14. The van der Waals surface area contributed by atoms with E-state index in [2.05, 4.69) is 38.0 Å². The summed E-state index contributed by atoms with van der Waals surface area (Å²) in [6, 6.07) is 22.2. The first kappa shape index (κ1) is 17.6. The summed E-state index contributed by atoms with van der Waals surface area (Å²) in [5, 5.41) is 0. The minimum atomic E-state index is 0.572. The van der Waals surface area contributed by atoms with E-state index in [1.807, 2.05) is 54.6 Å². The predicted octanol–water partition coefficient (Wildman–Crippen LogP) is 5.62. The Morgan fingerprint density at radius 3 is 2.56 bits per heavy atom. The molecule has 0 radical (unpaired) electrons. The zero-order chi connectivity index (χ0) is 18.6. The normalized spacial score (nSPS) is 10.9. The van der Waals surface area contributed by atoms with Gasteiger partial charge in [-0.2, -0.15) is 0 Å². The number of aromatic amines is 1. The van der Waals surface area contributed by atoms with Gasteiger partial charge in [-0.1, -0.05) is 42.5 Å². The number of halogens is 1.